The highest BCUT2D eigenvalue weighted by Gasteiger charge is 2.45. The Morgan fingerprint density at radius 2 is 1.91 bits per heavy atom. The van der Waals surface area contributed by atoms with Crippen molar-refractivity contribution in [2.45, 2.75) is 64.5 Å². The average Bonchev–Trinajstić information content (AvgIpc) is 2.95. The van der Waals surface area contributed by atoms with Crippen LogP contribution in [-0.2, 0) is 25.5 Å². The molecule has 3 rings (SSSR count). The van der Waals surface area contributed by atoms with Crippen LogP contribution in [0.5, 0.6) is 0 Å². The Hall–Kier alpha value is -3.00. The number of aryl methyl sites for hydroxylation is 1. The molecule has 0 aliphatic carbocycles. The number of hydrogen-bond acceptors (Lipinski definition) is 6. The molecule has 1 atom stereocenters. The number of carbonyl (C=O) groups is 4. The van der Waals surface area contributed by atoms with E-state index in [2.05, 4.69) is 11.9 Å². The summed E-state index contributed by atoms with van der Waals surface area (Å²) in [4.78, 5) is 50.5. The summed E-state index contributed by atoms with van der Waals surface area (Å²) in [6.45, 7) is 10.8. The van der Waals surface area contributed by atoms with Gasteiger partial charge >= 0.3 is 0 Å². The number of piperidine rings is 1. The topological polar surface area (TPSA) is 102 Å². The van der Waals surface area contributed by atoms with Gasteiger partial charge in [0.1, 0.15) is 11.6 Å². The summed E-state index contributed by atoms with van der Waals surface area (Å²) >= 11 is 0. The highest BCUT2D eigenvalue weighted by Crippen LogP contribution is 2.30. The lowest BCUT2D eigenvalue weighted by molar-refractivity contribution is -0.136. The number of nitrogens with zero attached hydrogens (tertiary/aromatic N) is 1. The Labute approximate surface area is 187 Å². The smallest absolute Gasteiger partial charge is 0.262 e. The minimum absolute atomic E-state index is 0.0984. The van der Waals surface area contributed by atoms with Gasteiger partial charge in [0, 0.05) is 19.4 Å². The first-order chi connectivity index (χ1) is 15.1. The molecule has 0 bridgehead atoms. The van der Waals surface area contributed by atoms with E-state index in [-0.39, 0.29) is 18.4 Å². The number of hydrogen-bond donors (Lipinski definition) is 1. The Kier molecular flexibility index (Phi) is 7.13. The molecule has 1 aromatic carbocycles. The van der Waals surface area contributed by atoms with Crippen LogP contribution in [-0.4, -0.2) is 53.4 Å². The fourth-order valence-corrected chi connectivity index (χ4v) is 3.93. The lowest BCUT2D eigenvalue weighted by Gasteiger charge is -2.27. The predicted molar refractivity (Wildman–Crippen MR) is 117 cm³/mol. The molecule has 0 spiro atoms. The number of benzene rings is 1. The summed E-state index contributed by atoms with van der Waals surface area (Å²) < 4.78 is 11.3. The van der Waals surface area contributed by atoms with Crippen molar-refractivity contribution in [2.24, 2.45) is 0 Å². The molecule has 8 heteroatoms. The van der Waals surface area contributed by atoms with E-state index in [0.29, 0.717) is 49.4 Å². The van der Waals surface area contributed by atoms with Crippen LogP contribution in [0.3, 0.4) is 0 Å². The number of rotatable bonds is 9. The lowest BCUT2D eigenvalue weighted by atomic mass is 9.99. The zero-order valence-corrected chi connectivity index (χ0v) is 18.9. The molecular formula is C24H30N2O6. The molecule has 0 radical (unpaired) electrons. The summed E-state index contributed by atoms with van der Waals surface area (Å²) in [5, 5.41) is 2.21. The third kappa shape index (κ3) is 5.43. The molecule has 32 heavy (non-hydrogen) atoms. The van der Waals surface area contributed by atoms with Gasteiger partial charge < -0.3 is 9.47 Å². The highest BCUT2D eigenvalue weighted by molar-refractivity contribution is 6.24. The molecule has 2 aliphatic heterocycles. The van der Waals surface area contributed by atoms with Crippen LogP contribution in [0.15, 0.2) is 30.5 Å². The van der Waals surface area contributed by atoms with Crippen molar-refractivity contribution in [3.05, 3.63) is 47.2 Å². The van der Waals surface area contributed by atoms with E-state index in [1.54, 1.807) is 12.1 Å². The van der Waals surface area contributed by atoms with Gasteiger partial charge in [0.15, 0.2) is 0 Å². The Morgan fingerprint density at radius 1 is 1.16 bits per heavy atom. The maximum Gasteiger partial charge on any atom is 0.262 e. The van der Waals surface area contributed by atoms with Gasteiger partial charge in [-0.05, 0) is 51.7 Å². The van der Waals surface area contributed by atoms with Crippen LogP contribution in [0.1, 0.15) is 72.7 Å². The lowest BCUT2D eigenvalue weighted by Crippen LogP contribution is -2.54. The molecule has 1 aromatic rings. The molecule has 0 saturated carbocycles. The number of carbonyl (C=O) groups excluding carboxylic acids is 4. The minimum Gasteiger partial charge on any atom is -0.493 e. The minimum atomic E-state index is -0.959. The number of ether oxygens (including phenoxy) is 2. The fraction of sp³-hybridized carbons (Fsp3) is 0.500. The van der Waals surface area contributed by atoms with Gasteiger partial charge in [0.25, 0.3) is 11.8 Å². The molecule has 0 aromatic heterocycles. The highest BCUT2D eigenvalue weighted by atomic mass is 16.5. The van der Waals surface area contributed by atoms with Crippen LogP contribution in [0.4, 0.5) is 0 Å². The van der Waals surface area contributed by atoms with Crippen LogP contribution < -0.4 is 5.32 Å². The second-order valence-electron chi connectivity index (χ2n) is 9.01. The van der Waals surface area contributed by atoms with Crippen molar-refractivity contribution < 1.29 is 28.7 Å². The SMILES string of the molecule is C=C(CCOCCCc1cccc2c1C(=O)N(C1CCC(=O)NC1=O)C2=O)OC(C)(C)C. The molecule has 1 unspecified atom stereocenters. The fourth-order valence-electron chi connectivity index (χ4n) is 3.93. The normalized spacial score (nSPS) is 18.6. The first kappa shape index (κ1) is 23.7. The Bertz CT molecular complexity index is 946. The van der Waals surface area contributed by atoms with E-state index in [0.717, 1.165) is 10.5 Å². The van der Waals surface area contributed by atoms with Crippen LogP contribution in [0.25, 0.3) is 0 Å². The summed E-state index contributed by atoms with van der Waals surface area (Å²) in [5.74, 6) is -1.29. The first-order valence-electron chi connectivity index (χ1n) is 10.9. The van der Waals surface area contributed by atoms with Gasteiger partial charge in [-0.2, -0.15) is 0 Å². The van der Waals surface area contributed by atoms with Gasteiger partial charge in [-0.15, -0.1) is 0 Å². The van der Waals surface area contributed by atoms with E-state index in [9.17, 15) is 19.2 Å². The van der Waals surface area contributed by atoms with Crippen molar-refractivity contribution in [1.29, 1.82) is 0 Å². The van der Waals surface area contributed by atoms with Crippen LogP contribution >= 0.6 is 0 Å². The van der Waals surface area contributed by atoms with Crippen molar-refractivity contribution in [3.8, 4) is 0 Å². The third-order valence-corrected chi connectivity index (χ3v) is 5.26. The molecule has 2 aliphatic rings. The van der Waals surface area contributed by atoms with E-state index in [1.165, 1.54) is 0 Å². The zero-order valence-electron chi connectivity index (χ0n) is 18.9. The van der Waals surface area contributed by atoms with Crippen LogP contribution in [0, 0.1) is 0 Å². The van der Waals surface area contributed by atoms with Gasteiger partial charge in [-0.25, -0.2) is 0 Å². The molecule has 1 fully saturated rings. The second kappa shape index (κ2) is 9.65. The predicted octanol–water partition coefficient (Wildman–Crippen LogP) is 2.76. The Balaban J connectivity index is 1.55. The summed E-state index contributed by atoms with van der Waals surface area (Å²) in [6, 6.07) is 4.20. The standard InChI is InChI=1S/C24H30N2O6/c1-15(32-24(2,3)4)12-14-31-13-6-8-16-7-5-9-17-20(16)23(30)26(22(17)29)18-10-11-19(27)25-21(18)28/h5,7,9,18H,1,6,8,10-14H2,2-4H3,(H,25,27,28). The molecule has 2 heterocycles. The molecule has 1 N–H and O–H groups in total. The van der Waals surface area contributed by atoms with Gasteiger partial charge in [0.2, 0.25) is 11.8 Å². The van der Waals surface area contributed by atoms with Gasteiger partial charge in [-0.1, -0.05) is 18.7 Å². The number of amides is 4. The molecule has 1 saturated heterocycles. The summed E-state index contributed by atoms with van der Waals surface area (Å²) in [5.41, 5.74) is 1.11. The van der Waals surface area contributed by atoms with Crippen molar-refractivity contribution in [2.75, 3.05) is 13.2 Å². The summed E-state index contributed by atoms with van der Waals surface area (Å²) in [6.07, 6.45) is 2.07. The van der Waals surface area contributed by atoms with Gasteiger partial charge in [0.05, 0.1) is 23.5 Å². The van der Waals surface area contributed by atoms with E-state index < -0.39 is 29.7 Å². The number of nitrogens with one attached hydrogen (secondary N) is 1. The molecule has 4 amide bonds. The molecular weight excluding hydrogens is 412 g/mol. The zero-order chi connectivity index (χ0) is 23.5. The van der Waals surface area contributed by atoms with E-state index >= 15 is 0 Å². The monoisotopic (exact) mass is 442 g/mol. The quantitative estimate of drug-likeness (QED) is 0.358. The van der Waals surface area contributed by atoms with Crippen molar-refractivity contribution >= 4 is 23.6 Å². The average molecular weight is 443 g/mol. The summed E-state index contributed by atoms with van der Waals surface area (Å²) in [7, 11) is 0. The second-order valence-corrected chi connectivity index (χ2v) is 9.01. The van der Waals surface area contributed by atoms with Crippen LogP contribution in [0.2, 0.25) is 0 Å². The maximum atomic E-state index is 13.1. The Morgan fingerprint density at radius 3 is 2.59 bits per heavy atom. The van der Waals surface area contributed by atoms with Crippen molar-refractivity contribution in [3.63, 3.8) is 0 Å². The van der Waals surface area contributed by atoms with Gasteiger partial charge in [-0.3, -0.25) is 29.4 Å². The van der Waals surface area contributed by atoms with E-state index in [1.807, 2.05) is 26.8 Å². The molecule has 8 nitrogen and oxygen atoms in total. The first-order valence-corrected chi connectivity index (χ1v) is 10.9. The van der Waals surface area contributed by atoms with Crippen molar-refractivity contribution in [1.82, 2.24) is 10.2 Å². The molecule has 172 valence electrons. The number of fused-ring (bicyclic) bond motifs is 1. The maximum absolute atomic E-state index is 13.1. The number of imide groups is 2. The third-order valence-electron chi connectivity index (χ3n) is 5.26. The largest absolute Gasteiger partial charge is 0.493 e. The van der Waals surface area contributed by atoms with E-state index in [4.69, 9.17) is 9.47 Å².